The fraction of sp³-hybridized carbons (Fsp3) is 0.153. The monoisotopic (exact) mass is 989 g/mol. The van der Waals surface area contributed by atoms with Crippen molar-refractivity contribution in [2.24, 2.45) is 17.8 Å². The molecule has 77 heavy (non-hydrogen) atoms. The Kier molecular flexibility index (Phi) is 9.16. The second-order valence-electron chi connectivity index (χ2n) is 22.8. The van der Waals surface area contributed by atoms with Crippen LogP contribution < -0.4 is 0 Å². The fourth-order valence-corrected chi connectivity index (χ4v) is 15.6. The van der Waals surface area contributed by atoms with Gasteiger partial charge in [-0.25, -0.2) is 15.0 Å². The summed E-state index contributed by atoms with van der Waals surface area (Å²) in [6.07, 6.45) is 8.34. The molecule has 13 aromatic rings. The predicted molar refractivity (Wildman–Crippen MR) is 311 cm³/mol. The molecule has 10 aromatic carbocycles. The third kappa shape index (κ3) is 6.44. The molecule has 0 atom stereocenters. The van der Waals surface area contributed by atoms with E-state index >= 15 is 0 Å². The first kappa shape index (κ1) is 43.3. The number of rotatable bonds is 7. The van der Waals surface area contributed by atoms with Gasteiger partial charge in [0.05, 0.1) is 16.5 Å². The smallest absolute Gasteiger partial charge is 0.167 e. The van der Waals surface area contributed by atoms with Crippen LogP contribution in [0, 0.1) is 17.8 Å². The molecule has 5 heteroatoms. The Bertz CT molecular complexity index is 4480. The van der Waals surface area contributed by atoms with Crippen molar-refractivity contribution in [3.8, 4) is 56.4 Å². The standard InChI is InChI=1S/C72H51N3O2/c1-3-16-52(17-4-1)72(53-18-5-2-6-19-53)62-24-11-9-20-54(62)55-31-28-49(38-63(55)72)68-73-69(58-23-13-22-57-59-35-47-14-7-8-15-48(47)39-65(59)77-66(57)58)75-70(74-68)61-37-50(36-60-56-21-10-12-25-64(56)76-67(60)61)46-26-29-51(30-27-46)71-40-43-32-44(41-71)34-45(33-43)42-71/h1-31,35-39,43-45H,32-34,40-42H2. The highest BCUT2D eigenvalue weighted by molar-refractivity contribution is 6.14. The van der Waals surface area contributed by atoms with Gasteiger partial charge in [0, 0.05) is 27.1 Å². The summed E-state index contributed by atoms with van der Waals surface area (Å²) in [5, 5.41) is 6.44. The van der Waals surface area contributed by atoms with Crippen LogP contribution in [0.4, 0.5) is 0 Å². The minimum Gasteiger partial charge on any atom is -0.455 e. The van der Waals surface area contributed by atoms with Gasteiger partial charge in [-0.1, -0.05) is 176 Å². The van der Waals surface area contributed by atoms with Crippen molar-refractivity contribution in [3.05, 3.63) is 246 Å². The Hall–Kier alpha value is -8.93. The Morgan fingerprint density at radius 1 is 0.338 bits per heavy atom. The Labute approximate surface area is 445 Å². The molecule has 5 nitrogen and oxygen atoms in total. The minimum atomic E-state index is -0.605. The van der Waals surface area contributed by atoms with Crippen molar-refractivity contribution in [1.82, 2.24) is 15.0 Å². The summed E-state index contributed by atoms with van der Waals surface area (Å²) in [6.45, 7) is 0. The van der Waals surface area contributed by atoms with Gasteiger partial charge in [0.2, 0.25) is 0 Å². The molecule has 3 heterocycles. The van der Waals surface area contributed by atoms with E-state index in [9.17, 15) is 0 Å². The molecule has 4 fully saturated rings. The van der Waals surface area contributed by atoms with Crippen molar-refractivity contribution in [1.29, 1.82) is 0 Å². The molecule has 0 amide bonds. The van der Waals surface area contributed by atoms with E-state index in [1.54, 1.807) is 0 Å². The van der Waals surface area contributed by atoms with Crippen LogP contribution in [0.3, 0.4) is 0 Å². The second kappa shape index (κ2) is 16.3. The zero-order valence-electron chi connectivity index (χ0n) is 42.4. The van der Waals surface area contributed by atoms with E-state index in [-0.39, 0.29) is 0 Å². The van der Waals surface area contributed by atoms with Gasteiger partial charge in [0.1, 0.15) is 22.3 Å². The maximum absolute atomic E-state index is 6.93. The van der Waals surface area contributed by atoms with E-state index in [2.05, 4.69) is 212 Å². The summed E-state index contributed by atoms with van der Waals surface area (Å²) in [5.41, 5.74) is 16.4. The number of aromatic nitrogens is 3. The minimum absolute atomic E-state index is 0.319. The van der Waals surface area contributed by atoms with Crippen molar-refractivity contribution in [3.63, 3.8) is 0 Å². The molecule has 0 unspecified atom stereocenters. The summed E-state index contributed by atoms with van der Waals surface area (Å²) in [4.78, 5) is 16.6. The molecular weight excluding hydrogens is 939 g/mol. The average Bonchev–Trinajstić information content (AvgIpc) is 4.20. The molecule has 4 saturated carbocycles. The number of para-hydroxylation sites is 2. The van der Waals surface area contributed by atoms with Crippen molar-refractivity contribution < 1.29 is 8.83 Å². The topological polar surface area (TPSA) is 65.0 Å². The van der Waals surface area contributed by atoms with Crippen LogP contribution >= 0.6 is 0 Å². The number of fused-ring (bicyclic) bond motifs is 10. The third-order valence-corrected chi connectivity index (χ3v) is 18.5. The number of furan rings is 2. The number of nitrogens with zero attached hydrogens (tertiary/aromatic N) is 3. The van der Waals surface area contributed by atoms with Crippen LogP contribution in [-0.2, 0) is 10.8 Å². The molecule has 0 spiro atoms. The van der Waals surface area contributed by atoms with Crippen LogP contribution in [0.1, 0.15) is 66.3 Å². The molecule has 18 rings (SSSR count). The van der Waals surface area contributed by atoms with Crippen molar-refractivity contribution in [2.45, 2.75) is 49.4 Å². The van der Waals surface area contributed by atoms with Gasteiger partial charge >= 0.3 is 0 Å². The largest absolute Gasteiger partial charge is 0.455 e. The molecular formula is C72H51N3O2. The summed E-state index contributed by atoms with van der Waals surface area (Å²) >= 11 is 0. The highest BCUT2D eigenvalue weighted by atomic mass is 16.3. The third-order valence-electron chi connectivity index (χ3n) is 18.5. The van der Waals surface area contributed by atoms with Gasteiger partial charge in [-0.3, -0.25) is 0 Å². The molecule has 0 saturated heterocycles. The lowest BCUT2D eigenvalue weighted by Crippen LogP contribution is -2.48. The average molecular weight is 990 g/mol. The van der Waals surface area contributed by atoms with E-state index in [1.165, 1.54) is 77.5 Å². The van der Waals surface area contributed by atoms with Crippen molar-refractivity contribution in [2.75, 3.05) is 0 Å². The molecule has 0 radical (unpaired) electrons. The first-order valence-electron chi connectivity index (χ1n) is 27.6. The molecule has 5 aliphatic carbocycles. The van der Waals surface area contributed by atoms with E-state index in [4.69, 9.17) is 23.8 Å². The van der Waals surface area contributed by atoms with Crippen LogP contribution in [0.25, 0.3) is 111 Å². The second-order valence-corrected chi connectivity index (χ2v) is 22.8. The normalized spacial score (nSPS) is 19.9. The quantitative estimate of drug-likeness (QED) is 0.159. The Balaban J connectivity index is 0.900. The van der Waals surface area contributed by atoms with E-state index in [0.29, 0.717) is 22.9 Å². The zero-order valence-corrected chi connectivity index (χ0v) is 42.4. The summed E-state index contributed by atoms with van der Waals surface area (Å²) in [7, 11) is 0. The molecule has 4 bridgehead atoms. The van der Waals surface area contributed by atoms with Crippen LogP contribution in [0.15, 0.2) is 227 Å². The fourth-order valence-electron chi connectivity index (χ4n) is 15.6. The maximum atomic E-state index is 6.93. The molecule has 3 aromatic heterocycles. The molecule has 0 aliphatic heterocycles. The Morgan fingerprint density at radius 3 is 1.66 bits per heavy atom. The summed E-state index contributed by atoms with van der Waals surface area (Å²) in [5.74, 6) is 4.27. The number of hydrogen-bond donors (Lipinski definition) is 0. The first-order valence-corrected chi connectivity index (χ1v) is 27.6. The van der Waals surface area contributed by atoms with Crippen LogP contribution in [-0.4, -0.2) is 15.0 Å². The summed E-state index contributed by atoms with van der Waals surface area (Å²) in [6, 6.07) is 79.3. The first-order chi connectivity index (χ1) is 38.0. The highest BCUT2D eigenvalue weighted by Gasteiger charge is 2.51. The van der Waals surface area contributed by atoms with Gasteiger partial charge in [-0.2, -0.15) is 0 Å². The Morgan fingerprint density at radius 2 is 0.909 bits per heavy atom. The number of hydrogen-bond acceptors (Lipinski definition) is 5. The van der Waals surface area contributed by atoms with Gasteiger partial charge in [-0.05, 0) is 165 Å². The SMILES string of the molecule is c1ccc(C2(c3ccccc3)c3ccccc3-c3ccc(-c4nc(-c5cccc6c5oc5cc7ccccc7cc56)nc(-c5cc(-c6ccc(C78CC9CC(CC(C9)C7)C8)cc6)cc6c5oc5ccccc56)n4)cc32)cc1. The highest BCUT2D eigenvalue weighted by Crippen LogP contribution is 2.61. The molecule has 5 aliphatic rings. The lowest BCUT2D eigenvalue weighted by molar-refractivity contribution is -0.00518. The molecule has 0 N–H and O–H groups in total. The van der Waals surface area contributed by atoms with E-state index < -0.39 is 5.41 Å². The zero-order chi connectivity index (χ0) is 50.4. The lowest BCUT2D eigenvalue weighted by atomic mass is 9.48. The predicted octanol–water partition coefficient (Wildman–Crippen LogP) is 18.3. The van der Waals surface area contributed by atoms with Gasteiger partial charge in [0.25, 0.3) is 0 Å². The maximum Gasteiger partial charge on any atom is 0.167 e. The molecule has 366 valence electrons. The van der Waals surface area contributed by atoms with Gasteiger partial charge < -0.3 is 8.83 Å². The van der Waals surface area contributed by atoms with Gasteiger partial charge in [0.15, 0.2) is 17.5 Å². The summed E-state index contributed by atoms with van der Waals surface area (Å²) < 4.78 is 13.8. The van der Waals surface area contributed by atoms with E-state index in [1.807, 2.05) is 6.07 Å². The van der Waals surface area contributed by atoms with Gasteiger partial charge in [-0.15, -0.1) is 0 Å². The van der Waals surface area contributed by atoms with Crippen molar-refractivity contribution >= 4 is 54.6 Å². The lowest BCUT2D eigenvalue weighted by Gasteiger charge is -2.57. The number of benzene rings is 10. The van der Waals surface area contributed by atoms with Crippen LogP contribution in [0.5, 0.6) is 0 Å². The van der Waals surface area contributed by atoms with Crippen LogP contribution in [0.2, 0.25) is 0 Å². The van der Waals surface area contributed by atoms with E-state index in [0.717, 1.165) is 100 Å².